The number of nitrogens with zero attached hydrogens (tertiary/aromatic N) is 2. The Labute approximate surface area is 115 Å². The van der Waals surface area contributed by atoms with Crippen molar-refractivity contribution in [3.63, 3.8) is 0 Å². The van der Waals surface area contributed by atoms with E-state index in [1.807, 2.05) is 6.92 Å². The summed E-state index contributed by atoms with van der Waals surface area (Å²) in [5.74, 6) is 1.32. The van der Waals surface area contributed by atoms with Crippen LogP contribution in [0.3, 0.4) is 0 Å². The molecule has 8 heteroatoms. The van der Waals surface area contributed by atoms with E-state index in [0.29, 0.717) is 29.6 Å². The standard InChI is InChI=1S/C12H19F3N4O/c1-4-5-16-10-7(2)11(19-8(3)18-10)17-6-9(20)12(13,14)15/h9,20H,4-6H2,1-3H3,(H2,16,17,18,19). The van der Waals surface area contributed by atoms with Gasteiger partial charge in [-0.05, 0) is 20.3 Å². The normalized spacial score (nSPS) is 13.2. The fourth-order valence-electron chi connectivity index (χ4n) is 1.53. The van der Waals surface area contributed by atoms with Gasteiger partial charge in [-0.15, -0.1) is 0 Å². The Morgan fingerprint density at radius 1 is 1.15 bits per heavy atom. The van der Waals surface area contributed by atoms with Crippen LogP contribution in [-0.2, 0) is 0 Å². The van der Waals surface area contributed by atoms with Crippen molar-refractivity contribution in [3.05, 3.63) is 11.4 Å². The quantitative estimate of drug-likeness (QED) is 0.750. The third kappa shape index (κ3) is 4.52. The fourth-order valence-corrected chi connectivity index (χ4v) is 1.53. The van der Waals surface area contributed by atoms with E-state index in [0.717, 1.165) is 6.42 Å². The van der Waals surface area contributed by atoms with Crippen LogP contribution in [0.1, 0.15) is 24.7 Å². The molecule has 0 aliphatic heterocycles. The molecule has 0 saturated carbocycles. The molecule has 1 aromatic rings. The van der Waals surface area contributed by atoms with Crippen LogP contribution in [0.25, 0.3) is 0 Å². The monoisotopic (exact) mass is 292 g/mol. The summed E-state index contributed by atoms with van der Waals surface area (Å²) in [4.78, 5) is 8.25. The number of aliphatic hydroxyl groups excluding tert-OH is 1. The third-order valence-corrected chi connectivity index (χ3v) is 2.64. The number of hydrogen-bond acceptors (Lipinski definition) is 5. The molecule has 1 rings (SSSR count). The van der Waals surface area contributed by atoms with Crippen molar-refractivity contribution >= 4 is 11.6 Å². The number of aliphatic hydroxyl groups is 1. The Kier molecular flexibility index (Phi) is 5.55. The van der Waals surface area contributed by atoms with Gasteiger partial charge in [0.2, 0.25) is 0 Å². The molecule has 0 bridgehead atoms. The van der Waals surface area contributed by atoms with Gasteiger partial charge < -0.3 is 15.7 Å². The summed E-state index contributed by atoms with van der Waals surface area (Å²) in [6.07, 6.45) is -6.17. The van der Waals surface area contributed by atoms with Crippen LogP contribution < -0.4 is 10.6 Å². The Morgan fingerprint density at radius 2 is 1.70 bits per heavy atom. The highest BCUT2D eigenvalue weighted by atomic mass is 19.4. The largest absolute Gasteiger partial charge is 0.416 e. The molecule has 0 spiro atoms. The predicted octanol–water partition coefficient (Wildman–Crippen LogP) is 2.25. The first-order valence-electron chi connectivity index (χ1n) is 6.33. The molecule has 0 aliphatic rings. The van der Waals surface area contributed by atoms with E-state index in [1.54, 1.807) is 13.8 Å². The molecule has 20 heavy (non-hydrogen) atoms. The highest BCUT2D eigenvalue weighted by Crippen LogP contribution is 2.23. The molecule has 0 amide bonds. The van der Waals surface area contributed by atoms with E-state index in [1.165, 1.54) is 0 Å². The van der Waals surface area contributed by atoms with Crippen LogP contribution in [0.4, 0.5) is 24.8 Å². The van der Waals surface area contributed by atoms with Gasteiger partial charge in [0.1, 0.15) is 17.5 Å². The first-order chi connectivity index (χ1) is 9.25. The zero-order valence-electron chi connectivity index (χ0n) is 11.7. The number of halogens is 3. The topological polar surface area (TPSA) is 70.1 Å². The Bertz CT molecular complexity index is 451. The summed E-state index contributed by atoms with van der Waals surface area (Å²) >= 11 is 0. The van der Waals surface area contributed by atoms with Gasteiger partial charge in [0.15, 0.2) is 6.10 Å². The lowest BCUT2D eigenvalue weighted by Crippen LogP contribution is -2.35. The van der Waals surface area contributed by atoms with Gasteiger partial charge in [-0.1, -0.05) is 6.92 Å². The highest BCUT2D eigenvalue weighted by molar-refractivity contribution is 5.57. The van der Waals surface area contributed by atoms with Crippen LogP contribution in [0.5, 0.6) is 0 Å². The second-order valence-electron chi connectivity index (χ2n) is 4.46. The van der Waals surface area contributed by atoms with Crippen LogP contribution in [0.15, 0.2) is 0 Å². The number of hydrogen-bond donors (Lipinski definition) is 3. The maximum Gasteiger partial charge on any atom is 0.416 e. The zero-order valence-corrected chi connectivity index (χ0v) is 11.7. The van der Waals surface area contributed by atoms with Crippen molar-refractivity contribution in [2.45, 2.75) is 39.5 Å². The van der Waals surface area contributed by atoms with E-state index in [-0.39, 0.29) is 0 Å². The Hall–Kier alpha value is -1.57. The first-order valence-corrected chi connectivity index (χ1v) is 6.33. The molecule has 1 atom stereocenters. The van der Waals surface area contributed by atoms with Crippen molar-refractivity contribution in [1.29, 1.82) is 0 Å². The number of alkyl halides is 3. The van der Waals surface area contributed by atoms with Crippen LogP contribution in [-0.4, -0.2) is 40.4 Å². The molecule has 0 saturated heterocycles. The lowest BCUT2D eigenvalue weighted by molar-refractivity contribution is -0.198. The second kappa shape index (κ2) is 6.74. The maximum absolute atomic E-state index is 12.2. The van der Waals surface area contributed by atoms with Gasteiger partial charge in [0, 0.05) is 12.1 Å². The van der Waals surface area contributed by atoms with Crippen LogP contribution in [0.2, 0.25) is 0 Å². The summed E-state index contributed by atoms with van der Waals surface area (Å²) in [5.41, 5.74) is 0.624. The van der Waals surface area contributed by atoms with Crippen molar-refractivity contribution < 1.29 is 18.3 Å². The van der Waals surface area contributed by atoms with E-state index in [4.69, 9.17) is 5.11 Å². The Morgan fingerprint density at radius 3 is 2.20 bits per heavy atom. The molecule has 0 aromatic carbocycles. The molecule has 3 N–H and O–H groups in total. The van der Waals surface area contributed by atoms with E-state index < -0.39 is 18.8 Å². The first kappa shape index (κ1) is 16.5. The molecule has 0 fully saturated rings. The maximum atomic E-state index is 12.2. The van der Waals surface area contributed by atoms with E-state index in [9.17, 15) is 13.2 Å². The van der Waals surface area contributed by atoms with Gasteiger partial charge in [0.25, 0.3) is 0 Å². The number of nitrogens with one attached hydrogen (secondary N) is 2. The minimum Gasteiger partial charge on any atom is -0.382 e. The van der Waals surface area contributed by atoms with E-state index in [2.05, 4.69) is 20.6 Å². The molecule has 1 aromatic heterocycles. The minimum atomic E-state index is -4.65. The van der Waals surface area contributed by atoms with Crippen molar-refractivity contribution in [2.24, 2.45) is 0 Å². The van der Waals surface area contributed by atoms with Crippen molar-refractivity contribution in [1.82, 2.24) is 9.97 Å². The molecular formula is C12H19F3N4O. The molecule has 1 heterocycles. The fraction of sp³-hybridized carbons (Fsp3) is 0.667. The van der Waals surface area contributed by atoms with Crippen LogP contribution in [0, 0.1) is 13.8 Å². The van der Waals surface area contributed by atoms with E-state index >= 15 is 0 Å². The molecule has 0 radical (unpaired) electrons. The Balaban J connectivity index is 2.82. The molecule has 1 unspecified atom stereocenters. The molecule has 114 valence electrons. The van der Waals surface area contributed by atoms with Crippen molar-refractivity contribution in [3.8, 4) is 0 Å². The zero-order chi connectivity index (χ0) is 15.3. The number of rotatable bonds is 6. The van der Waals surface area contributed by atoms with Gasteiger partial charge >= 0.3 is 6.18 Å². The summed E-state index contributed by atoms with van der Waals surface area (Å²) < 4.78 is 36.7. The van der Waals surface area contributed by atoms with Crippen LogP contribution >= 0.6 is 0 Å². The van der Waals surface area contributed by atoms with Crippen molar-refractivity contribution in [2.75, 3.05) is 23.7 Å². The number of aromatic nitrogens is 2. The van der Waals surface area contributed by atoms with Gasteiger partial charge in [-0.25, -0.2) is 9.97 Å². The lowest BCUT2D eigenvalue weighted by atomic mass is 10.2. The summed E-state index contributed by atoms with van der Waals surface area (Å²) in [5, 5.41) is 14.6. The summed E-state index contributed by atoms with van der Waals surface area (Å²) in [6, 6.07) is 0. The third-order valence-electron chi connectivity index (χ3n) is 2.64. The van der Waals surface area contributed by atoms with Gasteiger partial charge in [-0.3, -0.25) is 0 Å². The van der Waals surface area contributed by atoms with Gasteiger partial charge in [-0.2, -0.15) is 13.2 Å². The average Bonchev–Trinajstić information content (AvgIpc) is 2.36. The number of anilines is 2. The van der Waals surface area contributed by atoms with Gasteiger partial charge in [0.05, 0.1) is 6.54 Å². The lowest BCUT2D eigenvalue weighted by Gasteiger charge is -2.17. The summed E-state index contributed by atoms with van der Waals surface area (Å²) in [7, 11) is 0. The molecular weight excluding hydrogens is 273 g/mol. The smallest absolute Gasteiger partial charge is 0.382 e. The molecule has 5 nitrogen and oxygen atoms in total. The molecule has 0 aliphatic carbocycles. The summed E-state index contributed by atoms with van der Waals surface area (Å²) in [6.45, 7) is 5.42. The second-order valence-corrected chi connectivity index (χ2v) is 4.46. The number of aryl methyl sites for hydroxylation is 1. The predicted molar refractivity (Wildman–Crippen MR) is 70.8 cm³/mol. The minimum absolute atomic E-state index is 0.291. The SMILES string of the molecule is CCCNc1nc(C)nc(NCC(O)C(F)(F)F)c1C. The average molecular weight is 292 g/mol. The highest BCUT2D eigenvalue weighted by Gasteiger charge is 2.38.